The van der Waals surface area contributed by atoms with Crippen LogP contribution in [0, 0.1) is 0 Å². The highest BCUT2D eigenvalue weighted by atomic mass is 32.2. The Bertz CT molecular complexity index is 1260. The minimum atomic E-state index is -3.67. The Kier molecular flexibility index (Phi) is 10.3. The predicted octanol–water partition coefficient (Wildman–Crippen LogP) is 4.50. The van der Waals surface area contributed by atoms with Crippen LogP contribution in [0.1, 0.15) is 71.7 Å². The molecule has 0 aliphatic carbocycles. The third-order valence-electron chi connectivity index (χ3n) is 6.16. The van der Waals surface area contributed by atoms with Crippen molar-refractivity contribution in [3.05, 3.63) is 45.8 Å². The number of benzene rings is 1. The Morgan fingerprint density at radius 1 is 1.05 bits per heavy atom. The number of amides is 2. The second-order valence-electron chi connectivity index (χ2n) is 8.63. The van der Waals surface area contributed by atoms with E-state index >= 15 is 0 Å². The van der Waals surface area contributed by atoms with Gasteiger partial charge in [-0.3, -0.25) is 4.79 Å². The molecule has 38 heavy (non-hydrogen) atoms. The SMILES string of the molecule is CCCCN(CC)S(=O)(=O)c1ccc(C(=O)Nc2sc3c(c2C(=O)OCC)CCN(C(=O)OCC)C3)cc1. The average molecular weight is 566 g/mol. The van der Waals surface area contributed by atoms with Gasteiger partial charge in [0.25, 0.3) is 5.91 Å². The number of rotatable bonds is 11. The van der Waals surface area contributed by atoms with Crippen LogP contribution in [-0.4, -0.2) is 68.4 Å². The van der Waals surface area contributed by atoms with E-state index in [1.54, 1.807) is 25.7 Å². The smallest absolute Gasteiger partial charge is 0.410 e. The number of nitrogens with zero attached hydrogens (tertiary/aromatic N) is 2. The summed E-state index contributed by atoms with van der Waals surface area (Å²) in [6, 6.07) is 5.75. The number of ether oxygens (including phenoxy) is 2. The molecule has 0 saturated carbocycles. The fourth-order valence-electron chi connectivity index (χ4n) is 4.17. The van der Waals surface area contributed by atoms with Crippen molar-refractivity contribution >= 4 is 44.3 Å². The Morgan fingerprint density at radius 3 is 2.34 bits per heavy atom. The van der Waals surface area contributed by atoms with E-state index in [9.17, 15) is 22.8 Å². The predicted molar refractivity (Wildman–Crippen MR) is 145 cm³/mol. The molecule has 0 radical (unpaired) electrons. The lowest BCUT2D eigenvalue weighted by atomic mass is 10.0. The highest BCUT2D eigenvalue weighted by molar-refractivity contribution is 7.89. The standard InChI is InChI=1S/C26H35N3O7S2/c1-5-9-15-29(6-2)38(33,34)19-12-10-18(11-13-19)23(30)27-24-22(25(31)35-7-3)20-14-16-28(17-21(20)37-24)26(32)36-8-4/h10-13H,5-9,14-17H2,1-4H3,(H,27,30). The van der Waals surface area contributed by atoms with E-state index in [0.717, 1.165) is 23.3 Å². The quantitative estimate of drug-likeness (QED) is 0.398. The van der Waals surface area contributed by atoms with Gasteiger partial charge in [-0.25, -0.2) is 18.0 Å². The number of unbranched alkanes of at least 4 members (excludes halogenated alkanes) is 1. The number of fused-ring (bicyclic) bond motifs is 1. The highest BCUT2D eigenvalue weighted by Gasteiger charge is 2.32. The van der Waals surface area contributed by atoms with E-state index in [1.807, 2.05) is 6.92 Å². The number of sulfonamides is 1. The first-order chi connectivity index (χ1) is 18.2. The van der Waals surface area contributed by atoms with Gasteiger partial charge in [0.05, 0.1) is 30.2 Å². The zero-order valence-corrected chi connectivity index (χ0v) is 23.9. The van der Waals surface area contributed by atoms with Crippen LogP contribution in [0.4, 0.5) is 9.80 Å². The van der Waals surface area contributed by atoms with Gasteiger partial charge in [0.1, 0.15) is 5.00 Å². The number of carbonyl (C=O) groups excluding carboxylic acids is 3. The third-order valence-corrected chi connectivity index (χ3v) is 9.28. The van der Waals surface area contributed by atoms with Gasteiger partial charge in [-0.2, -0.15) is 4.31 Å². The van der Waals surface area contributed by atoms with Crippen molar-refractivity contribution < 1.29 is 32.3 Å². The van der Waals surface area contributed by atoms with E-state index in [4.69, 9.17) is 9.47 Å². The lowest BCUT2D eigenvalue weighted by Crippen LogP contribution is -2.36. The number of hydrogen-bond donors (Lipinski definition) is 1. The molecule has 0 fully saturated rings. The molecule has 0 saturated heterocycles. The zero-order valence-electron chi connectivity index (χ0n) is 22.2. The van der Waals surface area contributed by atoms with Gasteiger partial charge < -0.3 is 19.7 Å². The van der Waals surface area contributed by atoms with Crippen LogP contribution in [0.5, 0.6) is 0 Å². The Morgan fingerprint density at radius 2 is 1.74 bits per heavy atom. The molecule has 12 heteroatoms. The van der Waals surface area contributed by atoms with E-state index in [1.165, 1.54) is 39.9 Å². The van der Waals surface area contributed by atoms with Gasteiger partial charge in [0.15, 0.2) is 0 Å². The summed E-state index contributed by atoms with van der Waals surface area (Å²) in [5.74, 6) is -1.03. The van der Waals surface area contributed by atoms with Gasteiger partial charge in [-0.05, 0) is 56.5 Å². The monoisotopic (exact) mass is 565 g/mol. The van der Waals surface area contributed by atoms with Gasteiger partial charge in [-0.15, -0.1) is 11.3 Å². The van der Waals surface area contributed by atoms with Gasteiger partial charge in [0.2, 0.25) is 10.0 Å². The summed E-state index contributed by atoms with van der Waals surface area (Å²) in [7, 11) is -3.67. The minimum absolute atomic E-state index is 0.116. The average Bonchev–Trinajstić information content (AvgIpc) is 3.26. The van der Waals surface area contributed by atoms with Gasteiger partial charge >= 0.3 is 12.1 Å². The van der Waals surface area contributed by atoms with Crippen LogP contribution in [0.3, 0.4) is 0 Å². The molecule has 1 aliphatic rings. The van der Waals surface area contributed by atoms with Crippen molar-refractivity contribution in [1.82, 2.24) is 9.21 Å². The molecule has 1 N–H and O–H groups in total. The lowest BCUT2D eigenvalue weighted by Gasteiger charge is -2.26. The second kappa shape index (κ2) is 13.2. The maximum absolute atomic E-state index is 13.1. The van der Waals surface area contributed by atoms with Crippen molar-refractivity contribution in [1.29, 1.82) is 0 Å². The summed E-state index contributed by atoms with van der Waals surface area (Å²) in [6.45, 7) is 9.11. The number of esters is 1. The van der Waals surface area contributed by atoms with Crippen molar-refractivity contribution in [3.8, 4) is 0 Å². The molecule has 1 aromatic heterocycles. The second-order valence-corrected chi connectivity index (χ2v) is 11.7. The molecular weight excluding hydrogens is 530 g/mol. The van der Waals surface area contributed by atoms with E-state index in [2.05, 4.69) is 5.32 Å². The molecule has 2 aromatic rings. The first-order valence-electron chi connectivity index (χ1n) is 12.8. The van der Waals surface area contributed by atoms with E-state index < -0.39 is 28.0 Å². The Hall–Kier alpha value is -2.96. The first kappa shape index (κ1) is 29.6. The molecule has 3 rings (SSSR count). The molecule has 1 aliphatic heterocycles. The summed E-state index contributed by atoms with van der Waals surface area (Å²) < 4.78 is 37.7. The van der Waals surface area contributed by atoms with Crippen molar-refractivity contribution in [2.45, 2.75) is 58.4 Å². The molecule has 208 valence electrons. The molecule has 1 aromatic carbocycles. The fraction of sp³-hybridized carbons (Fsp3) is 0.500. The number of carbonyl (C=O) groups is 3. The van der Waals surface area contributed by atoms with Gasteiger partial charge in [0, 0.05) is 30.1 Å². The summed E-state index contributed by atoms with van der Waals surface area (Å²) in [5.41, 5.74) is 1.28. The zero-order chi connectivity index (χ0) is 27.9. The van der Waals surface area contributed by atoms with Crippen molar-refractivity contribution in [2.24, 2.45) is 0 Å². The van der Waals surface area contributed by atoms with Crippen LogP contribution in [-0.2, 0) is 32.5 Å². The molecule has 0 spiro atoms. The largest absolute Gasteiger partial charge is 0.462 e. The summed E-state index contributed by atoms with van der Waals surface area (Å²) >= 11 is 1.22. The number of thiophene rings is 1. The summed E-state index contributed by atoms with van der Waals surface area (Å²) in [6.07, 6.45) is 1.64. The highest BCUT2D eigenvalue weighted by Crippen LogP contribution is 2.38. The lowest BCUT2D eigenvalue weighted by molar-refractivity contribution is 0.0526. The number of anilines is 1. The maximum Gasteiger partial charge on any atom is 0.410 e. The topological polar surface area (TPSA) is 122 Å². The molecule has 0 bridgehead atoms. The number of nitrogens with one attached hydrogen (secondary N) is 1. The number of hydrogen-bond acceptors (Lipinski definition) is 8. The van der Waals surface area contributed by atoms with Crippen LogP contribution in [0.25, 0.3) is 0 Å². The van der Waals surface area contributed by atoms with Crippen molar-refractivity contribution in [3.63, 3.8) is 0 Å². The van der Waals surface area contributed by atoms with Crippen LogP contribution in [0.2, 0.25) is 0 Å². The maximum atomic E-state index is 13.1. The Balaban J connectivity index is 1.84. The van der Waals surface area contributed by atoms with E-state index in [0.29, 0.717) is 31.1 Å². The fourth-order valence-corrected chi connectivity index (χ4v) is 6.90. The van der Waals surface area contributed by atoms with Crippen LogP contribution in [0.15, 0.2) is 29.2 Å². The molecule has 0 atom stereocenters. The van der Waals surface area contributed by atoms with Crippen LogP contribution < -0.4 is 5.32 Å². The van der Waals surface area contributed by atoms with Crippen LogP contribution >= 0.6 is 11.3 Å². The summed E-state index contributed by atoms with van der Waals surface area (Å²) in [5, 5.41) is 3.13. The molecule has 10 nitrogen and oxygen atoms in total. The van der Waals surface area contributed by atoms with E-state index in [-0.39, 0.29) is 35.8 Å². The van der Waals surface area contributed by atoms with Gasteiger partial charge in [-0.1, -0.05) is 20.3 Å². The van der Waals surface area contributed by atoms with Crippen molar-refractivity contribution in [2.75, 3.05) is 38.2 Å². The minimum Gasteiger partial charge on any atom is -0.462 e. The molecule has 2 amide bonds. The summed E-state index contributed by atoms with van der Waals surface area (Å²) in [4.78, 5) is 40.6. The molecule has 0 unspecified atom stereocenters. The molecule has 2 heterocycles. The first-order valence-corrected chi connectivity index (χ1v) is 15.1. The Labute approximate surface area is 228 Å². The normalized spacial score (nSPS) is 13.2. The molecular formula is C26H35N3O7S2. The third kappa shape index (κ3) is 6.54.